The van der Waals surface area contributed by atoms with Gasteiger partial charge in [-0.2, -0.15) is 10.2 Å². The molecule has 0 spiro atoms. The van der Waals surface area contributed by atoms with Crippen LogP contribution in [0.1, 0.15) is 17.0 Å². The third-order valence-electron chi connectivity index (χ3n) is 2.50. The number of nitrogens with two attached hydrogens (primary N) is 1. The maximum absolute atomic E-state index is 5.54. The highest BCUT2D eigenvalue weighted by molar-refractivity contribution is 9.10. The topological polar surface area (TPSA) is 61.7 Å². The predicted octanol–water partition coefficient (Wildman–Crippen LogP) is 1.19. The molecule has 0 aliphatic carbocycles. The summed E-state index contributed by atoms with van der Waals surface area (Å²) in [4.78, 5) is 0. The highest BCUT2D eigenvalue weighted by atomic mass is 79.9. The molecule has 0 amide bonds. The molecule has 16 heavy (non-hydrogen) atoms. The van der Waals surface area contributed by atoms with Crippen LogP contribution in [0.4, 0.5) is 0 Å². The first-order valence-electron chi connectivity index (χ1n) is 5.01. The summed E-state index contributed by atoms with van der Waals surface area (Å²) in [5, 5.41) is 8.59. The summed E-state index contributed by atoms with van der Waals surface area (Å²) in [6, 6.07) is 0. The molecule has 2 rings (SSSR count). The third kappa shape index (κ3) is 2.03. The fraction of sp³-hybridized carbons (Fsp3) is 0.400. The first kappa shape index (κ1) is 11.3. The monoisotopic (exact) mass is 283 g/mol. The quantitative estimate of drug-likeness (QED) is 0.921. The van der Waals surface area contributed by atoms with Crippen LogP contribution >= 0.6 is 15.9 Å². The highest BCUT2D eigenvalue weighted by Gasteiger charge is 2.11. The van der Waals surface area contributed by atoms with E-state index in [9.17, 15) is 0 Å². The molecule has 0 radical (unpaired) electrons. The molecule has 5 nitrogen and oxygen atoms in total. The van der Waals surface area contributed by atoms with Crippen LogP contribution in [-0.4, -0.2) is 19.6 Å². The van der Waals surface area contributed by atoms with Crippen LogP contribution in [0.3, 0.4) is 0 Å². The Kier molecular flexibility index (Phi) is 3.11. The molecule has 2 heterocycles. The van der Waals surface area contributed by atoms with Gasteiger partial charge < -0.3 is 5.73 Å². The normalized spacial score (nSPS) is 11.0. The number of halogens is 1. The average molecular weight is 284 g/mol. The van der Waals surface area contributed by atoms with E-state index in [2.05, 4.69) is 26.1 Å². The molecular formula is C10H14BrN5. The number of hydrogen-bond acceptors (Lipinski definition) is 3. The number of nitrogens with zero attached hydrogens (tertiary/aromatic N) is 4. The molecule has 0 fully saturated rings. The van der Waals surface area contributed by atoms with Gasteiger partial charge in [-0.05, 0) is 22.9 Å². The Balaban J connectivity index is 2.26. The van der Waals surface area contributed by atoms with Gasteiger partial charge in [-0.15, -0.1) is 0 Å². The maximum Gasteiger partial charge on any atom is 0.0839 e. The Hall–Kier alpha value is -1.14. The minimum atomic E-state index is 0.519. The van der Waals surface area contributed by atoms with Gasteiger partial charge in [0, 0.05) is 25.4 Å². The third-order valence-corrected chi connectivity index (χ3v) is 3.53. The smallest absolute Gasteiger partial charge is 0.0839 e. The van der Waals surface area contributed by atoms with Gasteiger partial charge in [0.05, 0.1) is 28.6 Å². The van der Waals surface area contributed by atoms with Crippen molar-refractivity contribution < 1.29 is 0 Å². The van der Waals surface area contributed by atoms with E-state index < -0.39 is 0 Å². The molecule has 2 aromatic rings. The second-order valence-corrected chi connectivity index (χ2v) is 4.51. The molecule has 86 valence electrons. The zero-order valence-corrected chi connectivity index (χ0v) is 10.9. The van der Waals surface area contributed by atoms with Crippen LogP contribution in [0.15, 0.2) is 16.9 Å². The van der Waals surface area contributed by atoms with Crippen LogP contribution in [-0.2, 0) is 20.1 Å². The van der Waals surface area contributed by atoms with Crippen molar-refractivity contribution in [3.8, 4) is 0 Å². The molecule has 0 atom stereocenters. The van der Waals surface area contributed by atoms with Crippen molar-refractivity contribution in [1.29, 1.82) is 0 Å². The lowest BCUT2D eigenvalue weighted by Crippen LogP contribution is -2.06. The van der Waals surface area contributed by atoms with E-state index >= 15 is 0 Å². The van der Waals surface area contributed by atoms with E-state index in [4.69, 9.17) is 5.73 Å². The molecule has 0 unspecified atom stereocenters. The zero-order chi connectivity index (χ0) is 11.7. The van der Waals surface area contributed by atoms with Gasteiger partial charge in [0.2, 0.25) is 0 Å². The molecular weight excluding hydrogens is 270 g/mol. The molecule has 0 bridgehead atoms. The predicted molar refractivity (Wildman–Crippen MR) is 64.9 cm³/mol. The average Bonchev–Trinajstić information content (AvgIpc) is 2.80. The molecule has 0 aliphatic heterocycles. The largest absolute Gasteiger partial charge is 0.326 e. The summed E-state index contributed by atoms with van der Waals surface area (Å²) in [6.45, 7) is 3.19. The molecule has 0 aromatic carbocycles. The minimum absolute atomic E-state index is 0.519. The fourth-order valence-corrected chi connectivity index (χ4v) is 2.06. The van der Waals surface area contributed by atoms with Crippen molar-refractivity contribution in [2.75, 3.05) is 0 Å². The summed E-state index contributed by atoms with van der Waals surface area (Å²) in [5.41, 5.74) is 8.67. The van der Waals surface area contributed by atoms with Crippen LogP contribution in [0, 0.1) is 6.92 Å². The fourth-order valence-electron chi connectivity index (χ4n) is 1.60. The van der Waals surface area contributed by atoms with E-state index in [1.807, 2.05) is 29.5 Å². The minimum Gasteiger partial charge on any atom is -0.326 e. The number of aryl methyl sites for hydroxylation is 2. The van der Waals surface area contributed by atoms with Gasteiger partial charge in [-0.1, -0.05) is 0 Å². The van der Waals surface area contributed by atoms with E-state index in [0.717, 1.165) is 21.4 Å². The van der Waals surface area contributed by atoms with Crippen molar-refractivity contribution >= 4 is 15.9 Å². The zero-order valence-electron chi connectivity index (χ0n) is 9.31. The first-order valence-corrected chi connectivity index (χ1v) is 5.80. The lowest BCUT2D eigenvalue weighted by molar-refractivity contribution is 0.617. The number of hydrogen-bond donors (Lipinski definition) is 1. The summed E-state index contributed by atoms with van der Waals surface area (Å²) in [6.07, 6.45) is 3.74. The highest BCUT2D eigenvalue weighted by Crippen LogP contribution is 2.20. The molecule has 0 aliphatic rings. The van der Waals surface area contributed by atoms with Gasteiger partial charge >= 0.3 is 0 Å². The van der Waals surface area contributed by atoms with Gasteiger partial charge in [0.15, 0.2) is 0 Å². The van der Waals surface area contributed by atoms with Crippen molar-refractivity contribution in [3.63, 3.8) is 0 Å². The maximum atomic E-state index is 5.54. The van der Waals surface area contributed by atoms with E-state index in [0.29, 0.717) is 13.1 Å². The van der Waals surface area contributed by atoms with Gasteiger partial charge in [-0.3, -0.25) is 9.36 Å². The van der Waals surface area contributed by atoms with E-state index in [-0.39, 0.29) is 0 Å². The Labute approximate surface area is 102 Å². The summed E-state index contributed by atoms with van der Waals surface area (Å²) >= 11 is 3.53. The van der Waals surface area contributed by atoms with Crippen molar-refractivity contribution in [2.24, 2.45) is 12.8 Å². The number of aromatic nitrogens is 4. The second-order valence-electron chi connectivity index (χ2n) is 3.72. The van der Waals surface area contributed by atoms with Crippen molar-refractivity contribution in [1.82, 2.24) is 19.6 Å². The summed E-state index contributed by atoms with van der Waals surface area (Å²) < 4.78 is 4.77. The molecule has 6 heteroatoms. The van der Waals surface area contributed by atoms with E-state index in [1.54, 1.807) is 6.20 Å². The van der Waals surface area contributed by atoms with Crippen LogP contribution in [0.5, 0.6) is 0 Å². The molecule has 0 saturated heterocycles. The van der Waals surface area contributed by atoms with Crippen LogP contribution < -0.4 is 5.73 Å². The summed E-state index contributed by atoms with van der Waals surface area (Å²) in [7, 11) is 1.93. The Morgan fingerprint density at radius 2 is 2.25 bits per heavy atom. The Morgan fingerprint density at radius 3 is 2.75 bits per heavy atom. The molecule has 2 N–H and O–H groups in total. The van der Waals surface area contributed by atoms with Gasteiger partial charge in [0.1, 0.15) is 0 Å². The van der Waals surface area contributed by atoms with Crippen molar-refractivity contribution in [2.45, 2.75) is 20.0 Å². The first-order chi connectivity index (χ1) is 7.61. The molecule has 0 saturated carbocycles. The molecule has 2 aromatic heterocycles. The van der Waals surface area contributed by atoms with Crippen LogP contribution in [0.25, 0.3) is 0 Å². The summed E-state index contributed by atoms with van der Waals surface area (Å²) in [5.74, 6) is 0. The van der Waals surface area contributed by atoms with Crippen molar-refractivity contribution in [3.05, 3.63) is 33.8 Å². The Bertz CT molecular complexity index is 499. The van der Waals surface area contributed by atoms with E-state index in [1.165, 1.54) is 0 Å². The van der Waals surface area contributed by atoms with Gasteiger partial charge in [-0.25, -0.2) is 0 Å². The number of rotatable bonds is 3. The second kappa shape index (κ2) is 4.39. The standard InChI is InChI=1S/C10H14BrN5/c1-7-10(11)9(15(2)14-7)6-16-5-8(3-12)4-13-16/h4-5H,3,6,12H2,1-2H3. The van der Waals surface area contributed by atoms with Gasteiger partial charge in [0.25, 0.3) is 0 Å². The lowest BCUT2D eigenvalue weighted by atomic mass is 10.3. The van der Waals surface area contributed by atoms with Crippen LogP contribution in [0.2, 0.25) is 0 Å². The Morgan fingerprint density at radius 1 is 1.50 bits per heavy atom. The SMILES string of the molecule is Cc1nn(C)c(Cn2cc(CN)cn2)c1Br. The lowest BCUT2D eigenvalue weighted by Gasteiger charge is -2.03.